The Morgan fingerprint density at radius 1 is 0.838 bits per heavy atom. The summed E-state index contributed by atoms with van der Waals surface area (Å²) in [5, 5.41) is 2.46. The van der Waals surface area contributed by atoms with Crippen LogP contribution in [0.15, 0.2) is 48.5 Å². The van der Waals surface area contributed by atoms with Crippen LogP contribution in [0.25, 0.3) is 0 Å². The molecular weight excluding hydrogens is 510 g/mol. The third kappa shape index (κ3) is 9.22. The summed E-state index contributed by atoms with van der Waals surface area (Å²) in [6.45, 7) is 1.47. The Hall–Kier alpha value is -3.37. The minimum Gasteiger partial charge on any atom is -0.468 e. The number of rotatable bonds is 4. The Morgan fingerprint density at radius 2 is 1.38 bits per heavy atom. The monoisotopic (exact) mass is 538 g/mol. The van der Waals surface area contributed by atoms with E-state index >= 15 is 0 Å². The minimum absolute atomic E-state index is 0.0324. The highest BCUT2D eigenvalue weighted by atomic mass is 35.5. The first-order valence-corrected chi connectivity index (χ1v) is 12.0. The molecule has 0 radical (unpaired) electrons. The van der Waals surface area contributed by atoms with Crippen LogP contribution < -0.4 is 5.32 Å². The molecule has 2 aromatic rings. The van der Waals surface area contributed by atoms with Gasteiger partial charge in [-0.3, -0.25) is 14.4 Å². The normalized spacial score (nSPS) is 18.0. The minimum atomic E-state index is -0.569. The predicted molar refractivity (Wildman–Crippen MR) is 132 cm³/mol. The molecule has 200 valence electrons. The van der Waals surface area contributed by atoms with E-state index in [-0.39, 0.29) is 23.7 Å². The summed E-state index contributed by atoms with van der Waals surface area (Å²) < 4.78 is 34.2. The number of ether oxygens (including phenoxy) is 2. The van der Waals surface area contributed by atoms with E-state index in [0.29, 0.717) is 24.1 Å². The second-order valence-corrected chi connectivity index (χ2v) is 8.48. The van der Waals surface area contributed by atoms with Crippen LogP contribution in [0.2, 0.25) is 0 Å². The van der Waals surface area contributed by atoms with Gasteiger partial charge in [-0.25, -0.2) is 13.6 Å². The van der Waals surface area contributed by atoms with E-state index in [1.165, 1.54) is 67.7 Å². The van der Waals surface area contributed by atoms with Crippen LogP contribution in [0.4, 0.5) is 8.78 Å². The highest BCUT2D eigenvalue weighted by Crippen LogP contribution is 2.21. The van der Waals surface area contributed by atoms with E-state index < -0.39 is 23.1 Å². The molecule has 0 bridgehead atoms. The standard InChI is InChI=1S/C13H14FNO3.C7H4ClFO.C6H11NO2/c1-18-13(17)11-3-2-8-15(11)12(16)9-4-6-10(14)7-5-9;8-7(10)5-1-3-6(9)4-2-5;1-9-6(8)5-3-2-4-7-5/h4-7,11H,2-3,8H2,1H3;1-4H;5,7H,2-4H2,1H3. The molecule has 8 nitrogen and oxygen atoms in total. The maximum absolute atomic E-state index is 12.8. The molecule has 2 aromatic carbocycles. The van der Waals surface area contributed by atoms with Crippen LogP contribution in [0.1, 0.15) is 46.4 Å². The lowest BCUT2D eigenvalue weighted by Crippen LogP contribution is -2.41. The SMILES string of the molecule is COC(=O)C1CCCN1.COC(=O)C1CCCN1C(=O)c1ccc(F)cc1.O=C(Cl)c1ccc(F)cc1. The summed E-state index contributed by atoms with van der Waals surface area (Å²) in [6, 6.07) is 9.81. The highest BCUT2D eigenvalue weighted by Gasteiger charge is 2.35. The van der Waals surface area contributed by atoms with E-state index in [1.807, 2.05) is 0 Å². The quantitative estimate of drug-likeness (QED) is 0.467. The van der Waals surface area contributed by atoms with Gasteiger partial charge in [-0.1, -0.05) is 0 Å². The second-order valence-electron chi connectivity index (χ2n) is 8.14. The van der Waals surface area contributed by atoms with E-state index in [0.717, 1.165) is 25.8 Å². The number of hydrogen-bond donors (Lipinski definition) is 1. The van der Waals surface area contributed by atoms with Crippen molar-refractivity contribution < 1.29 is 37.4 Å². The topological polar surface area (TPSA) is 102 Å². The molecule has 37 heavy (non-hydrogen) atoms. The van der Waals surface area contributed by atoms with Gasteiger partial charge in [-0.15, -0.1) is 0 Å². The lowest BCUT2D eigenvalue weighted by molar-refractivity contribution is -0.145. The molecule has 2 heterocycles. The molecular formula is C26H29ClF2N2O6. The number of halogens is 3. The van der Waals surface area contributed by atoms with E-state index in [9.17, 15) is 28.0 Å². The summed E-state index contributed by atoms with van der Waals surface area (Å²) in [4.78, 5) is 46.3. The van der Waals surface area contributed by atoms with Crippen molar-refractivity contribution in [1.29, 1.82) is 0 Å². The van der Waals surface area contributed by atoms with Gasteiger partial charge in [0, 0.05) is 17.7 Å². The molecule has 0 saturated carbocycles. The van der Waals surface area contributed by atoms with Crippen LogP contribution in [0.5, 0.6) is 0 Å². The Balaban J connectivity index is 0.000000214. The van der Waals surface area contributed by atoms with Gasteiger partial charge in [0.15, 0.2) is 0 Å². The second kappa shape index (κ2) is 15.0. The fourth-order valence-corrected chi connectivity index (χ4v) is 3.88. The zero-order valence-corrected chi connectivity index (χ0v) is 21.3. The maximum Gasteiger partial charge on any atom is 0.328 e. The van der Waals surface area contributed by atoms with Crippen LogP contribution in [0, 0.1) is 11.6 Å². The largest absolute Gasteiger partial charge is 0.468 e. The van der Waals surface area contributed by atoms with Crippen molar-refractivity contribution in [2.75, 3.05) is 27.3 Å². The third-order valence-corrected chi connectivity index (χ3v) is 5.91. The third-order valence-electron chi connectivity index (χ3n) is 5.70. The van der Waals surface area contributed by atoms with Gasteiger partial charge in [0.2, 0.25) is 0 Å². The fourth-order valence-electron chi connectivity index (χ4n) is 3.76. The summed E-state index contributed by atoms with van der Waals surface area (Å²) in [5.41, 5.74) is 0.690. The smallest absolute Gasteiger partial charge is 0.328 e. The highest BCUT2D eigenvalue weighted by molar-refractivity contribution is 6.67. The molecule has 2 aliphatic rings. The van der Waals surface area contributed by atoms with E-state index in [1.54, 1.807) is 0 Å². The van der Waals surface area contributed by atoms with Gasteiger partial charge in [0.1, 0.15) is 23.7 Å². The van der Waals surface area contributed by atoms with E-state index in [2.05, 4.69) is 14.8 Å². The first-order chi connectivity index (χ1) is 17.7. The molecule has 2 fully saturated rings. The number of carbonyl (C=O) groups is 4. The zero-order valence-electron chi connectivity index (χ0n) is 20.5. The number of likely N-dealkylation sites (tertiary alicyclic amines) is 1. The Labute approximate surface area is 218 Å². The molecule has 2 atom stereocenters. The summed E-state index contributed by atoms with van der Waals surface area (Å²) in [7, 11) is 2.73. The van der Waals surface area contributed by atoms with Crippen molar-refractivity contribution in [1.82, 2.24) is 10.2 Å². The fraction of sp³-hybridized carbons (Fsp3) is 0.385. The number of esters is 2. The van der Waals surface area contributed by atoms with Crippen molar-refractivity contribution in [3.05, 3.63) is 71.3 Å². The van der Waals surface area contributed by atoms with Gasteiger partial charge in [0.05, 0.1) is 14.2 Å². The molecule has 1 amide bonds. The van der Waals surface area contributed by atoms with Crippen molar-refractivity contribution in [2.45, 2.75) is 37.8 Å². The predicted octanol–water partition coefficient (Wildman–Crippen LogP) is 3.72. The van der Waals surface area contributed by atoms with Crippen molar-refractivity contribution in [2.24, 2.45) is 0 Å². The molecule has 1 N–H and O–H groups in total. The lowest BCUT2D eigenvalue weighted by atomic mass is 10.1. The van der Waals surface area contributed by atoms with E-state index in [4.69, 9.17) is 11.6 Å². The summed E-state index contributed by atoms with van der Waals surface area (Å²) in [5.74, 6) is -1.56. The van der Waals surface area contributed by atoms with Gasteiger partial charge in [-0.2, -0.15) is 0 Å². The average molecular weight is 539 g/mol. The first kappa shape index (κ1) is 29.9. The van der Waals surface area contributed by atoms with Crippen LogP contribution in [0.3, 0.4) is 0 Å². The number of hydrogen-bond acceptors (Lipinski definition) is 7. The van der Waals surface area contributed by atoms with Crippen molar-refractivity contribution in [3.63, 3.8) is 0 Å². The molecule has 2 unspecified atom stereocenters. The van der Waals surface area contributed by atoms with Gasteiger partial charge >= 0.3 is 11.9 Å². The average Bonchev–Trinajstić information content (AvgIpc) is 3.62. The Morgan fingerprint density at radius 3 is 1.84 bits per heavy atom. The number of nitrogens with zero attached hydrogens (tertiary/aromatic N) is 1. The van der Waals surface area contributed by atoms with Crippen LogP contribution >= 0.6 is 11.6 Å². The summed E-state index contributed by atoms with van der Waals surface area (Å²) in [6.07, 6.45) is 3.39. The van der Waals surface area contributed by atoms with Crippen LogP contribution in [-0.2, 0) is 19.1 Å². The molecule has 2 aliphatic heterocycles. The van der Waals surface area contributed by atoms with Gasteiger partial charge < -0.3 is 19.7 Å². The lowest BCUT2D eigenvalue weighted by Gasteiger charge is -2.22. The molecule has 11 heteroatoms. The molecule has 2 saturated heterocycles. The van der Waals surface area contributed by atoms with Crippen molar-refractivity contribution >= 4 is 34.7 Å². The van der Waals surface area contributed by atoms with Gasteiger partial charge in [-0.05, 0) is 92.4 Å². The van der Waals surface area contributed by atoms with Crippen molar-refractivity contribution in [3.8, 4) is 0 Å². The molecule has 0 aliphatic carbocycles. The Kier molecular flexibility index (Phi) is 12.1. The number of benzene rings is 2. The maximum atomic E-state index is 12.8. The number of amides is 1. The molecule has 4 rings (SSSR count). The number of methoxy groups -OCH3 is 2. The first-order valence-electron chi connectivity index (χ1n) is 11.6. The molecule has 0 aromatic heterocycles. The zero-order chi connectivity index (χ0) is 27.4. The number of carbonyl (C=O) groups excluding carboxylic acids is 4. The summed E-state index contributed by atoms with van der Waals surface area (Å²) >= 11 is 5.09. The number of nitrogens with one attached hydrogen (secondary N) is 1. The Bertz CT molecular complexity index is 1060. The molecule has 0 spiro atoms. The van der Waals surface area contributed by atoms with Gasteiger partial charge in [0.25, 0.3) is 11.1 Å². The van der Waals surface area contributed by atoms with Crippen LogP contribution in [-0.4, -0.2) is 67.4 Å².